The number of hydrogen-bond acceptors (Lipinski definition) is 5. The highest BCUT2D eigenvalue weighted by Crippen LogP contribution is 2.32. The fourth-order valence-corrected chi connectivity index (χ4v) is 2.16. The van der Waals surface area contributed by atoms with Gasteiger partial charge in [-0.15, -0.1) is 0 Å². The van der Waals surface area contributed by atoms with Crippen LogP contribution in [0.5, 0.6) is 23.0 Å². The minimum atomic E-state index is -0.437. The molecule has 5 nitrogen and oxygen atoms in total. The first-order chi connectivity index (χ1) is 10.4. The van der Waals surface area contributed by atoms with Crippen molar-refractivity contribution in [1.29, 1.82) is 0 Å². The summed E-state index contributed by atoms with van der Waals surface area (Å²) in [4.78, 5) is 12.1. The highest BCUT2D eigenvalue weighted by atomic mass is 79.9. The van der Waals surface area contributed by atoms with Crippen molar-refractivity contribution in [3.63, 3.8) is 0 Å². The van der Waals surface area contributed by atoms with Gasteiger partial charge in [-0.25, -0.2) is 0 Å². The molecule has 2 aromatic carbocycles. The highest BCUT2D eigenvalue weighted by Gasteiger charge is 2.12. The molecule has 0 amide bonds. The van der Waals surface area contributed by atoms with Gasteiger partial charge in [-0.2, -0.15) is 0 Å². The largest absolute Gasteiger partial charge is 0.507 e. The van der Waals surface area contributed by atoms with Crippen molar-refractivity contribution < 1.29 is 24.9 Å². The number of carbonyl (C=O) groups is 1. The van der Waals surface area contributed by atoms with Gasteiger partial charge in [-0.3, -0.25) is 4.79 Å². The van der Waals surface area contributed by atoms with Gasteiger partial charge in [0.2, 0.25) is 0 Å². The number of halogens is 1. The Morgan fingerprint density at radius 2 is 1.82 bits per heavy atom. The van der Waals surface area contributed by atoms with E-state index in [9.17, 15) is 20.1 Å². The van der Waals surface area contributed by atoms with Crippen molar-refractivity contribution >= 4 is 27.8 Å². The molecular formula is C16H13BrO5. The number of benzene rings is 2. The Balaban J connectivity index is 2.25. The Morgan fingerprint density at radius 1 is 1.09 bits per heavy atom. The first-order valence-corrected chi connectivity index (χ1v) is 7.02. The Morgan fingerprint density at radius 3 is 2.45 bits per heavy atom. The molecule has 0 fully saturated rings. The average Bonchev–Trinajstić information content (AvgIpc) is 2.48. The number of methoxy groups -OCH3 is 1. The first kappa shape index (κ1) is 15.9. The van der Waals surface area contributed by atoms with Crippen LogP contribution in [0.2, 0.25) is 0 Å². The van der Waals surface area contributed by atoms with Gasteiger partial charge in [0, 0.05) is 6.07 Å². The first-order valence-electron chi connectivity index (χ1n) is 6.23. The maximum absolute atomic E-state index is 12.1. The molecule has 0 bridgehead atoms. The minimum Gasteiger partial charge on any atom is -0.507 e. The quantitative estimate of drug-likeness (QED) is 0.571. The zero-order valence-electron chi connectivity index (χ0n) is 11.6. The smallest absolute Gasteiger partial charge is 0.189 e. The molecule has 0 radical (unpaired) electrons. The van der Waals surface area contributed by atoms with E-state index in [4.69, 9.17) is 4.74 Å². The van der Waals surface area contributed by atoms with Gasteiger partial charge < -0.3 is 20.1 Å². The van der Waals surface area contributed by atoms with E-state index in [1.807, 2.05) is 0 Å². The Kier molecular flexibility index (Phi) is 4.72. The molecule has 0 spiro atoms. The van der Waals surface area contributed by atoms with E-state index in [1.165, 1.54) is 31.4 Å². The molecule has 3 N–H and O–H groups in total. The van der Waals surface area contributed by atoms with E-state index < -0.39 is 5.78 Å². The molecule has 114 valence electrons. The molecule has 0 saturated carbocycles. The summed E-state index contributed by atoms with van der Waals surface area (Å²) < 4.78 is 5.24. The second-order valence-electron chi connectivity index (χ2n) is 4.45. The standard InChI is InChI=1S/C16H13BrO5/c1-22-16-5-3-9(6-15(16)21)2-4-12(18)10-7-11(17)14(20)8-13(10)19/h2-8,19-21H,1H3/b4-2+. The summed E-state index contributed by atoms with van der Waals surface area (Å²) >= 11 is 3.09. The van der Waals surface area contributed by atoms with Crippen molar-refractivity contribution in [2.24, 2.45) is 0 Å². The molecular weight excluding hydrogens is 352 g/mol. The number of ether oxygens (including phenoxy) is 1. The zero-order chi connectivity index (χ0) is 16.3. The van der Waals surface area contributed by atoms with Crippen molar-refractivity contribution in [2.75, 3.05) is 7.11 Å². The summed E-state index contributed by atoms with van der Waals surface area (Å²) in [7, 11) is 1.44. The van der Waals surface area contributed by atoms with Gasteiger partial charge in [0.05, 0.1) is 17.1 Å². The molecule has 0 saturated heterocycles. The predicted molar refractivity (Wildman–Crippen MR) is 85.5 cm³/mol. The SMILES string of the molecule is COc1ccc(/C=C/C(=O)c2cc(Br)c(O)cc2O)cc1O. The number of ketones is 1. The van der Waals surface area contributed by atoms with Crippen LogP contribution in [-0.4, -0.2) is 28.2 Å². The minimum absolute atomic E-state index is 0.0349. The normalized spacial score (nSPS) is 10.8. The summed E-state index contributed by atoms with van der Waals surface area (Å²) in [5.41, 5.74) is 0.655. The molecule has 6 heteroatoms. The van der Waals surface area contributed by atoms with Crippen LogP contribution >= 0.6 is 15.9 Å². The number of phenolic OH excluding ortho intramolecular Hbond substituents is 3. The van der Waals surface area contributed by atoms with Gasteiger partial charge in [-0.05, 0) is 45.8 Å². The molecule has 0 unspecified atom stereocenters. The van der Waals surface area contributed by atoms with E-state index in [1.54, 1.807) is 12.1 Å². The number of allylic oxidation sites excluding steroid dienone is 1. The van der Waals surface area contributed by atoms with Crippen LogP contribution < -0.4 is 4.74 Å². The van der Waals surface area contributed by atoms with E-state index >= 15 is 0 Å². The Labute approximate surface area is 135 Å². The summed E-state index contributed by atoms with van der Waals surface area (Å²) in [5, 5.41) is 28.8. The van der Waals surface area contributed by atoms with Crippen LogP contribution in [0.1, 0.15) is 15.9 Å². The van der Waals surface area contributed by atoms with Crippen LogP contribution in [0.4, 0.5) is 0 Å². The lowest BCUT2D eigenvalue weighted by molar-refractivity contribution is 0.104. The van der Waals surface area contributed by atoms with Gasteiger partial charge in [0.15, 0.2) is 17.3 Å². The van der Waals surface area contributed by atoms with Gasteiger partial charge in [0.25, 0.3) is 0 Å². The number of rotatable bonds is 4. The Bertz CT molecular complexity index is 752. The number of aromatic hydroxyl groups is 3. The fourth-order valence-electron chi connectivity index (χ4n) is 1.82. The fraction of sp³-hybridized carbons (Fsp3) is 0.0625. The van der Waals surface area contributed by atoms with Crippen molar-refractivity contribution in [1.82, 2.24) is 0 Å². The molecule has 0 heterocycles. The third-order valence-corrected chi connectivity index (χ3v) is 3.60. The maximum Gasteiger partial charge on any atom is 0.189 e. The number of carbonyl (C=O) groups excluding carboxylic acids is 1. The average molecular weight is 365 g/mol. The van der Waals surface area contributed by atoms with Crippen LogP contribution in [0.3, 0.4) is 0 Å². The van der Waals surface area contributed by atoms with Gasteiger partial charge >= 0.3 is 0 Å². The van der Waals surface area contributed by atoms with Crippen LogP contribution in [0.25, 0.3) is 6.08 Å². The van der Waals surface area contributed by atoms with Crippen LogP contribution in [-0.2, 0) is 0 Å². The molecule has 2 rings (SSSR count). The van der Waals surface area contributed by atoms with Gasteiger partial charge in [0.1, 0.15) is 11.5 Å². The van der Waals surface area contributed by atoms with Crippen LogP contribution in [0.15, 0.2) is 40.9 Å². The van der Waals surface area contributed by atoms with Crippen molar-refractivity contribution in [3.8, 4) is 23.0 Å². The monoisotopic (exact) mass is 364 g/mol. The molecule has 22 heavy (non-hydrogen) atoms. The van der Waals surface area contributed by atoms with E-state index in [-0.39, 0.29) is 22.8 Å². The highest BCUT2D eigenvalue weighted by molar-refractivity contribution is 9.10. The lowest BCUT2D eigenvalue weighted by atomic mass is 10.1. The Hall–Kier alpha value is -2.47. The van der Waals surface area contributed by atoms with E-state index in [0.717, 1.165) is 6.07 Å². The lowest BCUT2D eigenvalue weighted by Gasteiger charge is -2.04. The predicted octanol–water partition coefficient (Wildman–Crippen LogP) is 3.47. The second kappa shape index (κ2) is 6.53. The lowest BCUT2D eigenvalue weighted by Crippen LogP contribution is -1.95. The molecule has 0 atom stereocenters. The molecule has 0 aliphatic heterocycles. The summed E-state index contributed by atoms with van der Waals surface area (Å²) in [6, 6.07) is 7.13. The molecule has 0 aromatic heterocycles. The third-order valence-electron chi connectivity index (χ3n) is 2.96. The molecule has 2 aromatic rings. The number of hydrogen-bond donors (Lipinski definition) is 3. The molecule has 0 aliphatic carbocycles. The summed E-state index contributed by atoms with van der Waals surface area (Å²) in [5.74, 6) is -0.601. The summed E-state index contributed by atoms with van der Waals surface area (Å²) in [6.07, 6.45) is 2.77. The van der Waals surface area contributed by atoms with Crippen LogP contribution in [0, 0.1) is 0 Å². The topological polar surface area (TPSA) is 87.0 Å². The number of phenols is 3. The molecule has 0 aliphatic rings. The summed E-state index contributed by atoms with van der Waals surface area (Å²) in [6.45, 7) is 0. The van der Waals surface area contributed by atoms with Crippen molar-refractivity contribution in [3.05, 3.63) is 52.0 Å². The second-order valence-corrected chi connectivity index (χ2v) is 5.30. The maximum atomic E-state index is 12.1. The van der Waals surface area contributed by atoms with Crippen molar-refractivity contribution in [2.45, 2.75) is 0 Å². The van der Waals surface area contributed by atoms with Gasteiger partial charge in [-0.1, -0.05) is 12.1 Å². The van der Waals surface area contributed by atoms with E-state index in [0.29, 0.717) is 15.8 Å². The van der Waals surface area contributed by atoms with E-state index in [2.05, 4.69) is 15.9 Å². The third kappa shape index (κ3) is 3.40. The zero-order valence-corrected chi connectivity index (χ0v) is 13.2.